The molecule has 0 aromatic heterocycles. The van der Waals surface area contributed by atoms with Crippen molar-refractivity contribution in [3.8, 4) is 0 Å². The van der Waals surface area contributed by atoms with Crippen molar-refractivity contribution in [2.24, 2.45) is 0 Å². The molecule has 1 atom stereocenters. The number of ether oxygens (including phenoxy) is 1. The Bertz CT molecular complexity index is 255. The maximum absolute atomic E-state index is 11.6. The number of likely N-dealkylation sites (tertiary alicyclic amines) is 1. The lowest BCUT2D eigenvalue weighted by Gasteiger charge is -2.36. The molecule has 1 heterocycles. The number of rotatable bonds is 2. The molecule has 0 spiro atoms. The molecule has 1 aliphatic heterocycles. The predicted octanol–water partition coefficient (Wildman–Crippen LogP) is 1.17. The van der Waals surface area contributed by atoms with Gasteiger partial charge in [0, 0.05) is 6.54 Å². The van der Waals surface area contributed by atoms with Gasteiger partial charge in [0.05, 0.1) is 12.1 Å². The Balaban J connectivity index is 2.40. The maximum Gasteiger partial charge on any atom is 0.320 e. The van der Waals surface area contributed by atoms with Gasteiger partial charge >= 0.3 is 5.97 Å². The molecule has 0 bridgehead atoms. The van der Waals surface area contributed by atoms with Crippen LogP contribution in [0, 0.1) is 0 Å². The van der Waals surface area contributed by atoms with Crippen LogP contribution in [0.4, 0.5) is 0 Å². The van der Waals surface area contributed by atoms with E-state index in [-0.39, 0.29) is 12.5 Å². The number of nitrogens with zero attached hydrogens (tertiary/aromatic N) is 1. The number of esters is 1. The summed E-state index contributed by atoms with van der Waals surface area (Å²) in [5.41, 5.74) is -1.10. The van der Waals surface area contributed by atoms with E-state index < -0.39 is 11.2 Å². The predicted molar refractivity (Wildman–Crippen MR) is 62.1 cm³/mol. The summed E-state index contributed by atoms with van der Waals surface area (Å²) in [5.74, 6) is -0.217. The van der Waals surface area contributed by atoms with Gasteiger partial charge in [-0.3, -0.25) is 9.69 Å². The molecule has 1 fully saturated rings. The Morgan fingerprint density at radius 1 is 1.50 bits per heavy atom. The minimum atomic E-state index is -0.666. The largest absolute Gasteiger partial charge is 0.459 e. The molecule has 1 N–H and O–H groups in total. The van der Waals surface area contributed by atoms with Crippen molar-refractivity contribution in [3.05, 3.63) is 0 Å². The Hall–Kier alpha value is -0.610. The summed E-state index contributed by atoms with van der Waals surface area (Å²) in [7, 11) is 0. The number of aliphatic hydroxyl groups is 1. The zero-order chi connectivity index (χ0) is 12.4. The molecule has 0 aromatic rings. The fraction of sp³-hybridized carbons (Fsp3) is 0.917. The summed E-state index contributed by atoms with van der Waals surface area (Å²) in [6.45, 7) is 9.06. The standard InChI is InChI=1S/C12H23NO3/c1-11(2,3)16-10(14)8-13-7-5-6-12(4,15)9-13/h15H,5-9H2,1-4H3. The van der Waals surface area contributed by atoms with Crippen LogP contribution in [0.15, 0.2) is 0 Å². The number of piperidine rings is 1. The Labute approximate surface area is 97.6 Å². The number of hydrogen-bond acceptors (Lipinski definition) is 4. The zero-order valence-corrected chi connectivity index (χ0v) is 10.7. The van der Waals surface area contributed by atoms with Crippen molar-refractivity contribution >= 4 is 5.97 Å². The third-order valence-electron chi connectivity index (χ3n) is 2.53. The molecule has 1 rings (SSSR count). The van der Waals surface area contributed by atoms with E-state index in [1.165, 1.54) is 0 Å². The molecule has 94 valence electrons. The first-order valence-corrected chi connectivity index (χ1v) is 5.85. The highest BCUT2D eigenvalue weighted by Gasteiger charge is 2.30. The molecule has 1 unspecified atom stereocenters. The number of hydrogen-bond donors (Lipinski definition) is 1. The van der Waals surface area contributed by atoms with Crippen LogP contribution in [0.3, 0.4) is 0 Å². The monoisotopic (exact) mass is 229 g/mol. The van der Waals surface area contributed by atoms with Gasteiger partial charge in [-0.15, -0.1) is 0 Å². The molecular formula is C12H23NO3. The van der Waals surface area contributed by atoms with E-state index in [4.69, 9.17) is 4.74 Å². The van der Waals surface area contributed by atoms with Crippen molar-refractivity contribution < 1.29 is 14.6 Å². The topological polar surface area (TPSA) is 49.8 Å². The minimum Gasteiger partial charge on any atom is -0.459 e. The summed E-state index contributed by atoms with van der Waals surface area (Å²) < 4.78 is 5.25. The van der Waals surface area contributed by atoms with E-state index in [9.17, 15) is 9.90 Å². The van der Waals surface area contributed by atoms with Gasteiger partial charge < -0.3 is 9.84 Å². The van der Waals surface area contributed by atoms with Gasteiger partial charge in [0.1, 0.15) is 5.60 Å². The molecule has 1 aliphatic rings. The SMILES string of the molecule is CC1(O)CCCN(CC(=O)OC(C)(C)C)C1. The second kappa shape index (κ2) is 4.72. The fourth-order valence-corrected chi connectivity index (χ4v) is 2.01. The van der Waals surface area contributed by atoms with Crippen LogP contribution >= 0.6 is 0 Å². The van der Waals surface area contributed by atoms with Crippen molar-refractivity contribution in [3.63, 3.8) is 0 Å². The first-order valence-electron chi connectivity index (χ1n) is 5.85. The highest BCUT2D eigenvalue weighted by molar-refractivity contribution is 5.72. The van der Waals surface area contributed by atoms with Gasteiger partial charge in [0.2, 0.25) is 0 Å². The first-order chi connectivity index (χ1) is 7.18. The van der Waals surface area contributed by atoms with E-state index in [0.29, 0.717) is 6.54 Å². The zero-order valence-electron chi connectivity index (χ0n) is 10.7. The average Bonchev–Trinajstić information content (AvgIpc) is 1.96. The van der Waals surface area contributed by atoms with E-state index in [1.807, 2.05) is 32.6 Å². The van der Waals surface area contributed by atoms with Crippen LogP contribution in [-0.4, -0.2) is 46.8 Å². The molecule has 0 aliphatic carbocycles. The fourth-order valence-electron chi connectivity index (χ4n) is 2.01. The van der Waals surface area contributed by atoms with Crippen LogP contribution < -0.4 is 0 Å². The van der Waals surface area contributed by atoms with Crippen molar-refractivity contribution in [1.29, 1.82) is 0 Å². The molecule has 0 saturated carbocycles. The Morgan fingerprint density at radius 2 is 2.12 bits per heavy atom. The lowest BCUT2D eigenvalue weighted by molar-refractivity contribution is -0.157. The van der Waals surface area contributed by atoms with Crippen molar-refractivity contribution in [2.45, 2.75) is 51.7 Å². The molecule has 0 aromatic carbocycles. The van der Waals surface area contributed by atoms with Gasteiger partial charge in [0.25, 0.3) is 0 Å². The molecule has 0 radical (unpaired) electrons. The number of carbonyl (C=O) groups excluding carboxylic acids is 1. The molecule has 0 amide bonds. The molecule has 4 heteroatoms. The average molecular weight is 229 g/mol. The van der Waals surface area contributed by atoms with Gasteiger partial charge in [-0.2, -0.15) is 0 Å². The number of carbonyl (C=O) groups is 1. The molecular weight excluding hydrogens is 206 g/mol. The highest BCUT2D eigenvalue weighted by atomic mass is 16.6. The smallest absolute Gasteiger partial charge is 0.320 e. The lowest BCUT2D eigenvalue weighted by Crippen LogP contribution is -2.48. The lowest BCUT2D eigenvalue weighted by atomic mass is 9.95. The van der Waals surface area contributed by atoms with Gasteiger partial charge in [-0.05, 0) is 47.1 Å². The first kappa shape index (κ1) is 13.5. The normalized spacial score (nSPS) is 27.8. The quantitative estimate of drug-likeness (QED) is 0.722. The third kappa shape index (κ3) is 4.94. The van der Waals surface area contributed by atoms with E-state index in [1.54, 1.807) is 0 Å². The molecule has 16 heavy (non-hydrogen) atoms. The van der Waals surface area contributed by atoms with E-state index in [0.717, 1.165) is 19.4 Å². The van der Waals surface area contributed by atoms with Crippen LogP contribution in [0.1, 0.15) is 40.5 Å². The van der Waals surface area contributed by atoms with Gasteiger partial charge in [0.15, 0.2) is 0 Å². The van der Waals surface area contributed by atoms with Crippen LogP contribution in [0.5, 0.6) is 0 Å². The third-order valence-corrected chi connectivity index (χ3v) is 2.53. The Morgan fingerprint density at radius 3 is 2.62 bits per heavy atom. The van der Waals surface area contributed by atoms with Crippen molar-refractivity contribution in [1.82, 2.24) is 4.90 Å². The van der Waals surface area contributed by atoms with Crippen LogP contribution in [-0.2, 0) is 9.53 Å². The van der Waals surface area contributed by atoms with Gasteiger partial charge in [-0.1, -0.05) is 0 Å². The van der Waals surface area contributed by atoms with E-state index >= 15 is 0 Å². The summed E-state index contributed by atoms with van der Waals surface area (Å²) >= 11 is 0. The molecule has 1 saturated heterocycles. The molecule has 4 nitrogen and oxygen atoms in total. The summed E-state index contributed by atoms with van der Waals surface area (Å²) in [5, 5.41) is 9.90. The highest BCUT2D eigenvalue weighted by Crippen LogP contribution is 2.20. The van der Waals surface area contributed by atoms with Crippen LogP contribution in [0.25, 0.3) is 0 Å². The number of β-amino-alcohol motifs (C(OH)–C–C–N with tert-alkyl or cyclic N) is 1. The van der Waals surface area contributed by atoms with E-state index in [2.05, 4.69) is 0 Å². The second-order valence-electron chi connectivity index (χ2n) is 5.90. The summed E-state index contributed by atoms with van der Waals surface area (Å²) in [4.78, 5) is 13.5. The van der Waals surface area contributed by atoms with Crippen molar-refractivity contribution in [2.75, 3.05) is 19.6 Å². The Kier molecular flexibility index (Phi) is 3.97. The maximum atomic E-state index is 11.6. The van der Waals surface area contributed by atoms with Crippen LogP contribution in [0.2, 0.25) is 0 Å². The summed E-state index contributed by atoms with van der Waals surface area (Å²) in [6.07, 6.45) is 1.73. The second-order valence-corrected chi connectivity index (χ2v) is 5.90. The van der Waals surface area contributed by atoms with Gasteiger partial charge in [-0.25, -0.2) is 0 Å². The minimum absolute atomic E-state index is 0.217. The summed E-state index contributed by atoms with van der Waals surface area (Å²) in [6, 6.07) is 0.